The third-order valence-electron chi connectivity index (χ3n) is 2.93. The second kappa shape index (κ2) is 6.87. The maximum Gasteiger partial charge on any atom is 0.293 e. The first-order valence-corrected chi connectivity index (χ1v) is 6.84. The van der Waals surface area contributed by atoms with Gasteiger partial charge < -0.3 is 5.32 Å². The topological polar surface area (TPSA) is 72.2 Å². The summed E-state index contributed by atoms with van der Waals surface area (Å²) in [5.74, 6) is -0.466. The Kier molecular flexibility index (Phi) is 4.91. The normalized spacial score (nSPS) is 10.6. The molecule has 0 bridgehead atoms. The number of rotatable bonds is 4. The molecule has 0 spiro atoms. The van der Waals surface area contributed by atoms with Crippen LogP contribution in [0.4, 0.5) is 11.4 Å². The van der Waals surface area contributed by atoms with Gasteiger partial charge in [-0.25, -0.2) is 0 Å². The average Bonchev–Trinajstić information content (AvgIpc) is 2.48. The number of halogens is 1. The first kappa shape index (κ1) is 15.7. The monoisotopic (exact) mass is 316 g/mol. The molecular formula is C16H13ClN2O3. The van der Waals surface area contributed by atoms with E-state index >= 15 is 0 Å². The SMILES string of the molecule is Cc1ccc(NC(=O)C=Cc2ccccc2Cl)c([N+](=O)[O-])c1. The first-order valence-electron chi connectivity index (χ1n) is 6.46. The number of nitrogens with one attached hydrogen (secondary N) is 1. The molecule has 2 aromatic rings. The number of hydrogen-bond acceptors (Lipinski definition) is 3. The van der Waals surface area contributed by atoms with Crippen molar-refractivity contribution in [2.24, 2.45) is 0 Å². The highest BCUT2D eigenvalue weighted by atomic mass is 35.5. The Hall–Kier alpha value is -2.66. The quantitative estimate of drug-likeness (QED) is 0.521. The number of aryl methyl sites for hydroxylation is 1. The third-order valence-corrected chi connectivity index (χ3v) is 3.27. The van der Waals surface area contributed by atoms with Crippen LogP contribution in [0.2, 0.25) is 5.02 Å². The Morgan fingerprint density at radius 1 is 1.27 bits per heavy atom. The lowest BCUT2D eigenvalue weighted by Gasteiger charge is -2.04. The molecule has 0 aliphatic heterocycles. The van der Waals surface area contributed by atoms with Crippen LogP contribution in [-0.2, 0) is 4.79 Å². The summed E-state index contributed by atoms with van der Waals surface area (Å²) in [5, 5.41) is 14.0. The van der Waals surface area contributed by atoms with E-state index in [1.807, 2.05) is 0 Å². The van der Waals surface area contributed by atoms with Gasteiger partial charge in [-0.1, -0.05) is 35.9 Å². The molecule has 112 valence electrons. The predicted octanol–water partition coefficient (Wildman–Crippen LogP) is 4.21. The Balaban J connectivity index is 2.16. The van der Waals surface area contributed by atoms with Gasteiger partial charge in [0, 0.05) is 17.2 Å². The second-order valence-corrected chi connectivity index (χ2v) is 5.03. The molecule has 6 heteroatoms. The van der Waals surface area contributed by atoms with Crippen LogP contribution in [-0.4, -0.2) is 10.8 Å². The molecule has 2 rings (SSSR count). The van der Waals surface area contributed by atoms with Crippen LogP contribution >= 0.6 is 11.6 Å². The Morgan fingerprint density at radius 3 is 2.68 bits per heavy atom. The lowest BCUT2D eigenvalue weighted by Crippen LogP contribution is -2.09. The molecule has 0 radical (unpaired) electrons. The van der Waals surface area contributed by atoms with Crippen LogP contribution < -0.4 is 5.32 Å². The third kappa shape index (κ3) is 3.93. The van der Waals surface area contributed by atoms with Gasteiger partial charge in [-0.3, -0.25) is 14.9 Å². The minimum atomic E-state index is -0.527. The number of nitro groups is 1. The fourth-order valence-electron chi connectivity index (χ4n) is 1.85. The molecule has 0 aliphatic rings. The van der Waals surface area contributed by atoms with Gasteiger partial charge in [-0.2, -0.15) is 0 Å². The first-order chi connectivity index (χ1) is 10.5. The Morgan fingerprint density at radius 2 is 2.00 bits per heavy atom. The highest BCUT2D eigenvalue weighted by molar-refractivity contribution is 6.32. The standard InChI is InChI=1S/C16H13ClN2O3/c1-11-6-8-14(15(10-11)19(21)22)18-16(20)9-7-12-4-2-3-5-13(12)17/h2-10H,1H3,(H,18,20). The number of nitrogens with zero attached hydrogens (tertiary/aromatic N) is 1. The highest BCUT2D eigenvalue weighted by Crippen LogP contribution is 2.25. The molecule has 0 unspecified atom stereocenters. The highest BCUT2D eigenvalue weighted by Gasteiger charge is 2.14. The molecule has 0 fully saturated rings. The number of carbonyl (C=O) groups is 1. The van der Waals surface area contributed by atoms with Gasteiger partial charge in [0.05, 0.1) is 4.92 Å². The van der Waals surface area contributed by atoms with Gasteiger partial charge in [0.1, 0.15) is 5.69 Å². The summed E-state index contributed by atoms with van der Waals surface area (Å²) in [7, 11) is 0. The molecule has 0 aliphatic carbocycles. The minimum absolute atomic E-state index is 0.139. The molecule has 0 saturated heterocycles. The van der Waals surface area contributed by atoms with Crippen LogP contribution in [0.3, 0.4) is 0 Å². The van der Waals surface area contributed by atoms with Gasteiger partial charge in [-0.05, 0) is 36.3 Å². The summed E-state index contributed by atoms with van der Waals surface area (Å²) >= 11 is 5.98. The van der Waals surface area contributed by atoms with Crippen molar-refractivity contribution < 1.29 is 9.72 Å². The van der Waals surface area contributed by atoms with Crippen LogP contribution in [0.1, 0.15) is 11.1 Å². The van der Waals surface area contributed by atoms with Crippen molar-refractivity contribution in [3.63, 3.8) is 0 Å². The molecule has 5 nitrogen and oxygen atoms in total. The van der Waals surface area contributed by atoms with Gasteiger partial charge in [0.25, 0.3) is 5.69 Å². The predicted molar refractivity (Wildman–Crippen MR) is 86.9 cm³/mol. The van der Waals surface area contributed by atoms with Gasteiger partial charge in [0.2, 0.25) is 5.91 Å². The molecular weight excluding hydrogens is 304 g/mol. The number of nitro benzene ring substituents is 1. The molecule has 2 aromatic carbocycles. The second-order valence-electron chi connectivity index (χ2n) is 4.62. The van der Waals surface area contributed by atoms with E-state index in [1.165, 1.54) is 18.2 Å². The van der Waals surface area contributed by atoms with E-state index in [2.05, 4.69) is 5.32 Å². The Labute approximate surface area is 132 Å². The molecule has 1 N–H and O–H groups in total. The lowest BCUT2D eigenvalue weighted by molar-refractivity contribution is -0.384. The summed E-state index contributed by atoms with van der Waals surface area (Å²) in [4.78, 5) is 22.4. The molecule has 22 heavy (non-hydrogen) atoms. The zero-order chi connectivity index (χ0) is 16.1. The van der Waals surface area contributed by atoms with Crippen molar-refractivity contribution in [1.29, 1.82) is 0 Å². The Bertz CT molecular complexity index is 757. The maximum absolute atomic E-state index is 11.9. The molecule has 0 heterocycles. The van der Waals surface area contributed by atoms with Gasteiger partial charge in [-0.15, -0.1) is 0 Å². The van der Waals surface area contributed by atoms with E-state index in [4.69, 9.17) is 11.6 Å². The zero-order valence-corrected chi connectivity index (χ0v) is 12.5. The van der Waals surface area contributed by atoms with Crippen LogP contribution in [0, 0.1) is 17.0 Å². The van der Waals surface area contributed by atoms with E-state index in [0.29, 0.717) is 10.6 Å². The van der Waals surface area contributed by atoms with E-state index < -0.39 is 10.8 Å². The zero-order valence-electron chi connectivity index (χ0n) is 11.7. The summed E-state index contributed by atoms with van der Waals surface area (Å²) in [6.07, 6.45) is 2.84. The van der Waals surface area contributed by atoms with E-state index in [9.17, 15) is 14.9 Å². The van der Waals surface area contributed by atoms with Crippen LogP contribution in [0.25, 0.3) is 6.08 Å². The number of carbonyl (C=O) groups excluding carboxylic acids is 1. The van der Waals surface area contributed by atoms with Crippen LogP contribution in [0.15, 0.2) is 48.5 Å². The van der Waals surface area contributed by atoms with E-state index in [0.717, 1.165) is 5.56 Å². The van der Waals surface area contributed by atoms with Crippen molar-refractivity contribution in [1.82, 2.24) is 0 Å². The van der Waals surface area contributed by atoms with Crippen molar-refractivity contribution in [3.05, 3.63) is 74.8 Å². The van der Waals surface area contributed by atoms with E-state index in [-0.39, 0.29) is 11.4 Å². The number of anilines is 1. The van der Waals surface area contributed by atoms with Gasteiger partial charge >= 0.3 is 0 Å². The van der Waals surface area contributed by atoms with E-state index in [1.54, 1.807) is 43.3 Å². The number of amides is 1. The maximum atomic E-state index is 11.9. The number of benzene rings is 2. The summed E-state index contributed by atoms with van der Waals surface area (Å²) in [6.45, 7) is 1.75. The summed E-state index contributed by atoms with van der Waals surface area (Å²) < 4.78 is 0. The smallest absolute Gasteiger partial charge is 0.293 e. The number of hydrogen-bond donors (Lipinski definition) is 1. The molecule has 0 atom stereocenters. The average molecular weight is 317 g/mol. The summed E-state index contributed by atoms with van der Waals surface area (Å²) in [6, 6.07) is 11.7. The minimum Gasteiger partial charge on any atom is -0.317 e. The van der Waals surface area contributed by atoms with Crippen molar-refractivity contribution in [2.75, 3.05) is 5.32 Å². The molecule has 0 saturated carbocycles. The molecule has 1 amide bonds. The van der Waals surface area contributed by atoms with Crippen molar-refractivity contribution in [3.8, 4) is 0 Å². The van der Waals surface area contributed by atoms with Crippen molar-refractivity contribution >= 4 is 35.0 Å². The fraction of sp³-hybridized carbons (Fsp3) is 0.0625. The molecule has 0 aromatic heterocycles. The van der Waals surface area contributed by atoms with Crippen LogP contribution in [0.5, 0.6) is 0 Å². The van der Waals surface area contributed by atoms with Gasteiger partial charge in [0.15, 0.2) is 0 Å². The summed E-state index contributed by atoms with van der Waals surface area (Å²) in [5.41, 5.74) is 1.46. The fourth-order valence-corrected chi connectivity index (χ4v) is 2.05. The van der Waals surface area contributed by atoms with Crippen molar-refractivity contribution in [2.45, 2.75) is 6.92 Å². The lowest BCUT2D eigenvalue weighted by atomic mass is 10.2. The largest absolute Gasteiger partial charge is 0.317 e.